The second-order valence-electron chi connectivity index (χ2n) is 4.25. The van der Waals surface area contributed by atoms with E-state index in [1.807, 2.05) is 23.9 Å². The van der Waals surface area contributed by atoms with Gasteiger partial charge in [-0.1, -0.05) is 0 Å². The summed E-state index contributed by atoms with van der Waals surface area (Å²) in [7, 11) is 0. The molecular formula is C12H15N5OS. The Morgan fingerprint density at radius 2 is 1.95 bits per heavy atom. The molecule has 100 valence electrons. The van der Waals surface area contributed by atoms with Gasteiger partial charge in [0.15, 0.2) is 0 Å². The standard InChI is InChI=1S/C12H15N5OS/c1-3-12(19-10-16-5-7-18-8-6-16)4-2-11(1)17-9-13-14-15-17/h1-4,9H,5-8,10H2. The Balaban J connectivity index is 1.57. The van der Waals surface area contributed by atoms with Crippen molar-refractivity contribution in [3.63, 3.8) is 0 Å². The summed E-state index contributed by atoms with van der Waals surface area (Å²) in [6.45, 7) is 3.74. The highest BCUT2D eigenvalue weighted by Gasteiger charge is 2.10. The molecule has 0 saturated carbocycles. The lowest BCUT2D eigenvalue weighted by atomic mass is 10.3. The maximum atomic E-state index is 5.34. The highest BCUT2D eigenvalue weighted by Crippen LogP contribution is 2.20. The van der Waals surface area contributed by atoms with Crippen molar-refractivity contribution in [3.8, 4) is 5.69 Å². The predicted octanol–water partition coefficient (Wildman–Crippen LogP) is 1.04. The molecule has 19 heavy (non-hydrogen) atoms. The zero-order valence-electron chi connectivity index (χ0n) is 10.5. The van der Waals surface area contributed by atoms with Gasteiger partial charge in [0.2, 0.25) is 0 Å². The molecule has 1 aliphatic rings. The molecule has 2 heterocycles. The molecule has 0 aliphatic carbocycles. The fourth-order valence-corrected chi connectivity index (χ4v) is 2.79. The molecule has 0 spiro atoms. The first-order valence-corrected chi connectivity index (χ1v) is 7.17. The van der Waals surface area contributed by atoms with Crippen LogP contribution in [0.15, 0.2) is 35.5 Å². The van der Waals surface area contributed by atoms with Crippen LogP contribution in [0.4, 0.5) is 0 Å². The van der Waals surface area contributed by atoms with Crippen LogP contribution >= 0.6 is 11.8 Å². The molecule has 1 aliphatic heterocycles. The van der Waals surface area contributed by atoms with Crippen molar-refractivity contribution >= 4 is 11.8 Å². The van der Waals surface area contributed by atoms with Crippen molar-refractivity contribution in [1.82, 2.24) is 25.1 Å². The van der Waals surface area contributed by atoms with Crippen LogP contribution in [0.1, 0.15) is 0 Å². The summed E-state index contributed by atoms with van der Waals surface area (Å²) in [5, 5.41) is 11.1. The van der Waals surface area contributed by atoms with Gasteiger partial charge in [-0.3, -0.25) is 4.90 Å². The molecule has 0 N–H and O–H groups in total. The van der Waals surface area contributed by atoms with Gasteiger partial charge in [-0.15, -0.1) is 16.9 Å². The molecule has 1 aromatic heterocycles. The van der Waals surface area contributed by atoms with E-state index in [1.54, 1.807) is 11.0 Å². The fraction of sp³-hybridized carbons (Fsp3) is 0.417. The molecule has 0 bridgehead atoms. The third-order valence-electron chi connectivity index (χ3n) is 2.97. The van der Waals surface area contributed by atoms with Crippen molar-refractivity contribution in [2.75, 3.05) is 32.2 Å². The lowest BCUT2D eigenvalue weighted by Crippen LogP contribution is -2.35. The molecule has 0 atom stereocenters. The number of nitrogens with zero attached hydrogens (tertiary/aromatic N) is 5. The second kappa shape index (κ2) is 6.14. The highest BCUT2D eigenvalue weighted by molar-refractivity contribution is 7.99. The number of ether oxygens (including phenoxy) is 1. The van der Waals surface area contributed by atoms with Gasteiger partial charge in [0.05, 0.1) is 18.9 Å². The average Bonchev–Trinajstić information content (AvgIpc) is 3.01. The van der Waals surface area contributed by atoms with Gasteiger partial charge in [0, 0.05) is 23.9 Å². The third kappa shape index (κ3) is 3.31. The van der Waals surface area contributed by atoms with Crippen LogP contribution in [-0.4, -0.2) is 57.3 Å². The van der Waals surface area contributed by atoms with Crippen LogP contribution < -0.4 is 0 Å². The summed E-state index contributed by atoms with van der Waals surface area (Å²) in [6, 6.07) is 8.25. The van der Waals surface area contributed by atoms with Crippen molar-refractivity contribution in [1.29, 1.82) is 0 Å². The Kier molecular flexibility index (Phi) is 4.07. The van der Waals surface area contributed by atoms with Crippen molar-refractivity contribution in [2.24, 2.45) is 0 Å². The summed E-state index contributed by atoms with van der Waals surface area (Å²) >= 11 is 1.84. The molecule has 1 fully saturated rings. The minimum atomic E-state index is 0.846. The number of hydrogen-bond acceptors (Lipinski definition) is 6. The largest absolute Gasteiger partial charge is 0.379 e. The van der Waals surface area contributed by atoms with Crippen LogP contribution in [-0.2, 0) is 4.74 Å². The Labute approximate surface area is 115 Å². The molecule has 0 radical (unpaired) electrons. The molecule has 0 unspecified atom stereocenters. The maximum absolute atomic E-state index is 5.34. The Bertz CT molecular complexity index is 495. The van der Waals surface area contributed by atoms with Gasteiger partial charge in [-0.25, -0.2) is 4.68 Å². The third-order valence-corrected chi connectivity index (χ3v) is 4.07. The molecule has 6 nitrogen and oxygen atoms in total. The number of thioether (sulfide) groups is 1. The van der Waals surface area contributed by atoms with Crippen molar-refractivity contribution in [3.05, 3.63) is 30.6 Å². The summed E-state index contributed by atoms with van der Waals surface area (Å²) in [5.74, 6) is 1.01. The van der Waals surface area contributed by atoms with Crippen LogP contribution in [0.2, 0.25) is 0 Å². The normalized spacial score (nSPS) is 16.6. The van der Waals surface area contributed by atoms with Crippen LogP contribution in [0, 0.1) is 0 Å². The van der Waals surface area contributed by atoms with E-state index in [0.717, 1.165) is 37.9 Å². The van der Waals surface area contributed by atoms with E-state index >= 15 is 0 Å². The number of morpholine rings is 1. The Morgan fingerprint density at radius 3 is 2.63 bits per heavy atom. The smallest absolute Gasteiger partial charge is 0.143 e. The van der Waals surface area contributed by atoms with Crippen LogP contribution in [0.5, 0.6) is 0 Å². The summed E-state index contributed by atoms with van der Waals surface area (Å²) in [4.78, 5) is 3.66. The average molecular weight is 277 g/mol. The lowest BCUT2D eigenvalue weighted by molar-refractivity contribution is 0.0474. The van der Waals surface area contributed by atoms with E-state index in [-0.39, 0.29) is 0 Å². The quantitative estimate of drug-likeness (QED) is 0.779. The molecule has 0 amide bonds. The zero-order valence-corrected chi connectivity index (χ0v) is 11.3. The van der Waals surface area contributed by atoms with E-state index in [4.69, 9.17) is 4.74 Å². The number of aromatic nitrogens is 4. The Hall–Kier alpha value is -1.44. The first-order chi connectivity index (χ1) is 9.42. The minimum absolute atomic E-state index is 0.846. The number of tetrazole rings is 1. The number of hydrogen-bond donors (Lipinski definition) is 0. The summed E-state index contributed by atoms with van der Waals surface area (Å²) < 4.78 is 6.99. The molecule has 1 aromatic carbocycles. The lowest BCUT2D eigenvalue weighted by Gasteiger charge is -2.25. The van der Waals surface area contributed by atoms with Gasteiger partial charge in [-0.05, 0) is 34.7 Å². The number of rotatable bonds is 4. The topological polar surface area (TPSA) is 56.1 Å². The van der Waals surface area contributed by atoms with Crippen LogP contribution in [0.25, 0.3) is 5.69 Å². The second-order valence-corrected chi connectivity index (χ2v) is 5.27. The molecule has 1 saturated heterocycles. The SMILES string of the molecule is c1cc(-n2cnnn2)ccc1SCN1CCOCC1. The van der Waals surface area contributed by atoms with E-state index < -0.39 is 0 Å². The molecular weight excluding hydrogens is 262 g/mol. The van der Waals surface area contributed by atoms with Crippen molar-refractivity contribution in [2.45, 2.75) is 4.90 Å². The van der Waals surface area contributed by atoms with E-state index in [0.29, 0.717) is 0 Å². The van der Waals surface area contributed by atoms with Gasteiger partial charge in [-0.2, -0.15) is 0 Å². The van der Waals surface area contributed by atoms with Crippen LogP contribution in [0.3, 0.4) is 0 Å². The van der Waals surface area contributed by atoms with Gasteiger partial charge in [0.25, 0.3) is 0 Å². The number of benzene rings is 1. The fourth-order valence-electron chi connectivity index (χ4n) is 1.87. The highest BCUT2D eigenvalue weighted by atomic mass is 32.2. The Morgan fingerprint density at radius 1 is 1.16 bits per heavy atom. The minimum Gasteiger partial charge on any atom is -0.379 e. The predicted molar refractivity (Wildman–Crippen MR) is 72.3 cm³/mol. The van der Waals surface area contributed by atoms with E-state index in [1.165, 1.54) is 4.90 Å². The maximum Gasteiger partial charge on any atom is 0.143 e. The summed E-state index contributed by atoms with van der Waals surface area (Å²) in [5.41, 5.74) is 0.973. The molecule has 7 heteroatoms. The van der Waals surface area contributed by atoms with Gasteiger partial charge in [0.1, 0.15) is 6.33 Å². The summed E-state index contributed by atoms with van der Waals surface area (Å²) in [6.07, 6.45) is 1.59. The first-order valence-electron chi connectivity index (χ1n) is 6.18. The van der Waals surface area contributed by atoms with Gasteiger partial charge >= 0.3 is 0 Å². The van der Waals surface area contributed by atoms with Crippen molar-refractivity contribution < 1.29 is 4.74 Å². The molecule has 3 rings (SSSR count). The molecule has 2 aromatic rings. The van der Waals surface area contributed by atoms with E-state index in [2.05, 4.69) is 32.6 Å². The first kappa shape index (κ1) is 12.6. The monoisotopic (exact) mass is 277 g/mol. The van der Waals surface area contributed by atoms with E-state index in [9.17, 15) is 0 Å². The van der Waals surface area contributed by atoms with Gasteiger partial charge < -0.3 is 4.74 Å². The zero-order chi connectivity index (χ0) is 12.9.